The van der Waals surface area contributed by atoms with Crippen LogP contribution in [0, 0.1) is 0 Å². The lowest BCUT2D eigenvalue weighted by molar-refractivity contribution is -0.138. The third-order valence-electron chi connectivity index (χ3n) is 5.78. The van der Waals surface area contributed by atoms with Crippen LogP contribution in [0.25, 0.3) is 11.1 Å². The molecule has 14 heteroatoms. The van der Waals surface area contributed by atoms with E-state index in [-0.39, 0.29) is 48.1 Å². The van der Waals surface area contributed by atoms with Gasteiger partial charge in [-0.3, -0.25) is 4.90 Å². The molecule has 0 aliphatic carbocycles. The number of aromatic nitrogens is 1. The molecule has 39 heavy (non-hydrogen) atoms. The van der Waals surface area contributed by atoms with E-state index in [9.17, 15) is 39.5 Å². The largest absolute Gasteiger partial charge is 0.419 e. The lowest BCUT2D eigenvalue weighted by Gasteiger charge is -2.24. The molecular weight excluding hydrogens is 541 g/mol. The average molecular weight is 565 g/mol. The Balaban J connectivity index is 1.80. The molecule has 0 aliphatic rings. The molecular formula is C25H24F9N5. The molecule has 0 radical (unpaired) electrons. The maximum Gasteiger partial charge on any atom is 0.419 e. The molecule has 0 amide bonds. The van der Waals surface area contributed by atoms with Crippen LogP contribution in [-0.2, 0) is 18.5 Å². The summed E-state index contributed by atoms with van der Waals surface area (Å²) in [5.41, 5.74) is 2.25. The third-order valence-corrected chi connectivity index (χ3v) is 5.78. The number of hydrogen-bond donors (Lipinski definition) is 3. The van der Waals surface area contributed by atoms with E-state index in [1.54, 1.807) is 11.8 Å². The smallest absolute Gasteiger partial charge is 0.397 e. The summed E-state index contributed by atoms with van der Waals surface area (Å²) in [5, 5.41) is 5.38. The maximum absolute atomic E-state index is 13.6. The Morgan fingerprint density at radius 2 is 1.51 bits per heavy atom. The van der Waals surface area contributed by atoms with Crippen LogP contribution in [0.2, 0.25) is 0 Å². The number of alkyl halides is 9. The highest BCUT2D eigenvalue weighted by molar-refractivity contribution is 5.86. The van der Waals surface area contributed by atoms with Gasteiger partial charge >= 0.3 is 18.5 Å². The van der Waals surface area contributed by atoms with Crippen molar-refractivity contribution >= 4 is 17.2 Å². The van der Waals surface area contributed by atoms with Crippen LogP contribution in [0.1, 0.15) is 23.6 Å². The van der Waals surface area contributed by atoms with Crippen LogP contribution in [0.5, 0.6) is 0 Å². The summed E-state index contributed by atoms with van der Waals surface area (Å²) >= 11 is 0. The molecule has 0 saturated heterocycles. The normalized spacial score (nSPS) is 12.6. The molecule has 0 fully saturated rings. The molecule has 0 atom stereocenters. The predicted octanol–water partition coefficient (Wildman–Crippen LogP) is 7.19. The van der Waals surface area contributed by atoms with Crippen LogP contribution in [-0.4, -0.2) is 36.2 Å². The zero-order valence-electron chi connectivity index (χ0n) is 20.4. The lowest BCUT2D eigenvalue weighted by Crippen LogP contribution is -2.34. The van der Waals surface area contributed by atoms with Crippen molar-refractivity contribution in [1.82, 2.24) is 9.88 Å². The summed E-state index contributed by atoms with van der Waals surface area (Å²) in [7, 11) is 0. The first-order chi connectivity index (χ1) is 18.1. The third kappa shape index (κ3) is 7.68. The van der Waals surface area contributed by atoms with Gasteiger partial charge in [0.15, 0.2) is 0 Å². The van der Waals surface area contributed by atoms with Crippen LogP contribution in [0.15, 0.2) is 54.7 Å². The number of nitrogens with one attached hydrogen (secondary N) is 2. The fraction of sp³-hybridized carbons (Fsp3) is 0.320. The second kappa shape index (κ2) is 11.6. The zero-order chi connectivity index (χ0) is 29.0. The maximum atomic E-state index is 13.6. The number of benzene rings is 2. The van der Waals surface area contributed by atoms with Gasteiger partial charge in [-0.2, -0.15) is 39.5 Å². The number of nitrogen functional groups attached to an aromatic ring is 1. The molecule has 0 aliphatic heterocycles. The molecule has 212 valence electrons. The lowest BCUT2D eigenvalue weighted by atomic mass is 9.97. The van der Waals surface area contributed by atoms with E-state index in [0.29, 0.717) is 18.7 Å². The van der Waals surface area contributed by atoms with Crippen molar-refractivity contribution < 1.29 is 39.5 Å². The second-order valence-corrected chi connectivity index (χ2v) is 8.43. The van der Waals surface area contributed by atoms with Gasteiger partial charge in [-0.05, 0) is 48.5 Å². The number of pyridine rings is 1. The van der Waals surface area contributed by atoms with E-state index in [1.807, 2.05) is 0 Å². The minimum absolute atomic E-state index is 0.0309. The number of likely N-dealkylation sites (N-methyl/N-ethyl adjacent to an activating group) is 1. The number of hydrogen-bond acceptors (Lipinski definition) is 5. The first-order valence-corrected chi connectivity index (χ1v) is 11.5. The Bertz CT molecular complexity index is 1270. The number of rotatable bonds is 9. The highest BCUT2D eigenvalue weighted by Crippen LogP contribution is 2.41. The molecule has 2 aromatic carbocycles. The van der Waals surface area contributed by atoms with Gasteiger partial charge in [0, 0.05) is 24.8 Å². The van der Waals surface area contributed by atoms with Crippen molar-refractivity contribution in [2.45, 2.75) is 25.5 Å². The van der Waals surface area contributed by atoms with E-state index >= 15 is 0 Å². The summed E-state index contributed by atoms with van der Waals surface area (Å²) in [6.07, 6.45) is -12.9. The Labute approximate surface area is 217 Å². The zero-order valence-corrected chi connectivity index (χ0v) is 20.4. The first-order valence-electron chi connectivity index (χ1n) is 11.5. The van der Waals surface area contributed by atoms with Crippen molar-refractivity contribution in [2.75, 3.05) is 42.7 Å². The summed E-state index contributed by atoms with van der Waals surface area (Å²) in [6, 6.07) is 7.28. The number of nitrogens with zero attached hydrogens (tertiary/aromatic N) is 2. The van der Waals surface area contributed by atoms with Crippen molar-refractivity contribution in [3.05, 3.63) is 71.4 Å². The molecule has 3 rings (SSSR count). The van der Waals surface area contributed by atoms with Crippen molar-refractivity contribution in [3.8, 4) is 11.1 Å². The Kier molecular flexibility index (Phi) is 8.88. The van der Waals surface area contributed by atoms with Crippen LogP contribution in [0.3, 0.4) is 0 Å². The topological polar surface area (TPSA) is 66.2 Å². The summed E-state index contributed by atoms with van der Waals surface area (Å²) in [5.74, 6) is -0.359. The van der Waals surface area contributed by atoms with E-state index in [1.165, 1.54) is 12.3 Å². The highest BCUT2D eigenvalue weighted by atomic mass is 19.4. The molecule has 5 nitrogen and oxygen atoms in total. The predicted molar refractivity (Wildman–Crippen MR) is 130 cm³/mol. The van der Waals surface area contributed by atoms with E-state index < -0.39 is 35.2 Å². The van der Waals surface area contributed by atoms with Crippen molar-refractivity contribution in [1.29, 1.82) is 0 Å². The molecule has 0 spiro atoms. The summed E-state index contributed by atoms with van der Waals surface area (Å²) in [6.45, 7) is 2.25. The Morgan fingerprint density at radius 3 is 2.13 bits per heavy atom. The first kappa shape index (κ1) is 29.9. The van der Waals surface area contributed by atoms with Gasteiger partial charge < -0.3 is 16.4 Å². The summed E-state index contributed by atoms with van der Waals surface area (Å²) < 4.78 is 120. The van der Waals surface area contributed by atoms with Gasteiger partial charge in [-0.15, -0.1) is 0 Å². The molecule has 4 N–H and O–H groups in total. The molecule has 3 aromatic rings. The Hall–Kier alpha value is -3.68. The van der Waals surface area contributed by atoms with Crippen LogP contribution >= 0.6 is 0 Å². The van der Waals surface area contributed by atoms with Gasteiger partial charge in [0.1, 0.15) is 5.82 Å². The Morgan fingerprint density at radius 1 is 0.821 bits per heavy atom. The number of halogens is 9. The fourth-order valence-corrected chi connectivity index (χ4v) is 3.72. The van der Waals surface area contributed by atoms with Crippen molar-refractivity contribution in [2.24, 2.45) is 0 Å². The molecule has 0 saturated carbocycles. The van der Waals surface area contributed by atoms with Gasteiger partial charge in [0.25, 0.3) is 0 Å². The van der Waals surface area contributed by atoms with Gasteiger partial charge in [0.2, 0.25) is 0 Å². The number of anilines is 3. The van der Waals surface area contributed by atoms with E-state index in [0.717, 1.165) is 30.3 Å². The van der Waals surface area contributed by atoms with Gasteiger partial charge in [-0.1, -0.05) is 19.1 Å². The molecule has 0 bridgehead atoms. The fourth-order valence-electron chi connectivity index (χ4n) is 3.72. The molecule has 1 aromatic heterocycles. The second-order valence-electron chi connectivity index (χ2n) is 8.43. The van der Waals surface area contributed by atoms with Gasteiger partial charge in [0.05, 0.1) is 34.7 Å². The minimum atomic E-state index is -4.81. The van der Waals surface area contributed by atoms with E-state index in [4.69, 9.17) is 5.73 Å². The standard InChI is InChI=1S/C25H24F9N5/c1-2-39(10-9-37-22-19(25(32,33)34)7-4-8-36-22)14-38-20-13-17(24(29,30)31)12-18(21(20)35)15-5-3-6-16(11-15)23(26,27)28/h3-8,11-13,38H,2,9-10,14,35H2,1H3,(H,36,37). The van der Waals surface area contributed by atoms with Crippen molar-refractivity contribution in [3.63, 3.8) is 0 Å². The SMILES string of the molecule is CCN(CCNc1ncccc1C(F)(F)F)CNc1cc(C(F)(F)F)cc(-c2cccc(C(F)(F)F)c2)c1N. The monoisotopic (exact) mass is 565 g/mol. The number of nitrogens with two attached hydrogens (primary N) is 1. The summed E-state index contributed by atoms with van der Waals surface area (Å²) in [4.78, 5) is 5.38. The van der Waals surface area contributed by atoms with E-state index in [2.05, 4.69) is 15.6 Å². The van der Waals surface area contributed by atoms with Crippen LogP contribution < -0.4 is 16.4 Å². The van der Waals surface area contributed by atoms with Crippen LogP contribution in [0.4, 0.5) is 56.7 Å². The minimum Gasteiger partial charge on any atom is -0.397 e. The molecule has 0 unspecified atom stereocenters. The van der Waals surface area contributed by atoms with Gasteiger partial charge in [-0.25, -0.2) is 4.98 Å². The average Bonchev–Trinajstić information content (AvgIpc) is 2.85. The highest BCUT2D eigenvalue weighted by Gasteiger charge is 2.35. The molecule has 1 heterocycles. The quantitative estimate of drug-likeness (QED) is 0.146.